The highest BCUT2D eigenvalue weighted by Crippen LogP contribution is 2.30. The van der Waals surface area contributed by atoms with Gasteiger partial charge in [0.25, 0.3) is 0 Å². The number of rotatable bonds is 4. The molecular weight excluding hydrogens is 224 g/mol. The summed E-state index contributed by atoms with van der Waals surface area (Å²) in [6.45, 7) is 12.1. The Hall–Kier alpha value is -1.35. The van der Waals surface area contributed by atoms with Crippen molar-refractivity contribution in [3.8, 4) is 0 Å². The average Bonchev–Trinajstić information content (AvgIpc) is 3.27. The summed E-state index contributed by atoms with van der Waals surface area (Å²) in [6.07, 6.45) is 4.31. The van der Waals surface area contributed by atoms with E-state index in [4.69, 9.17) is 4.74 Å². The predicted molar refractivity (Wildman–Crippen MR) is 76.7 cm³/mol. The van der Waals surface area contributed by atoms with E-state index in [1.54, 1.807) is 0 Å². The minimum absolute atomic E-state index is 0.291. The molecule has 3 nitrogen and oxygen atoms in total. The summed E-state index contributed by atoms with van der Waals surface area (Å²) in [5, 5.41) is 0. The minimum atomic E-state index is 0.291. The second-order valence-electron chi connectivity index (χ2n) is 3.95. The molecule has 1 saturated heterocycles. The zero-order valence-electron chi connectivity index (χ0n) is 12.1. The number of pyridine rings is 1. The molecule has 3 heteroatoms. The maximum atomic E-state index is 5.22. The molecule has 2 rings (SSSR count). The van der Waals surface area contributed by atoms with Crippen molar-refractivity contribution in [2.24, 2.45) is 0 Å². The molecule has 2 heterocycles. The van der Waals surface area contributed by atoms with Gasteiger partial charge in [-0.1, -0.05) is 26.0 Å². The fourth-order valence-corrected chi connectivity index (χ4v) is 1.74. The van der Waals surface area contributed by atoms with Crippen LogP contribution in [0.1, 0.15) is 46.3 Å². The number of allylic oxidation sites excluding steroid dienone is 2. The fourth-order valence-electron chi connectivity index (χ4n) is 1.74. The number of epoxide rings is 1. The van der Waals surface area contributed by atoms with Gasteiger partial charge in [-0.25, -0.2) is 4.98 Å². The van der Waals surface area contributed by atoms with Crippen molar-refractivity contribution in [3.05, 3.63) is 35.7 Å². The van der Waals surface area contributed by atoms with Gasteiger partial charge in [0.2, 0.25) is 0 Å². The molecule has 100 valence electrons. The van der Waals surface area contributed by atoms with Crippen molar-refractivity contribution >= 4 is 5.82 Å². The van der Waals surface area contributed by atoms with Gasteiger partial charge in [-0.3, -0.25) is 0 Å². The number of anilines is 1. The van der Waals surface area contributed by atoms with Crippen LogP contribution in [-0.2, 0) is 4.74 Å². The lowest BCUT2D eigenvalue weighted by molar-refractivity contribution is 0.415. The van der Waals surface area contributed by atoms with Crippen LogP contribution >= 0.6 is 0 Å². The summed E-state index contributed by atoms with van der Waals surface area (Å²) < 4.78 is 5.22. The molecule has 0 saturated carbocycles. The highest BCUT2D eigenvalue weighted by atomic mass is 16.6. The molecule has 1 aromatic heterocycles. The van der Waals surface area contributed by atoms with Crippen molar-refractivity contribution < 1.29 is 4.74 Å². The molecule has 1 atom stereocenters. The minimum Gasteiger partial charge on any atom is -0.368 e. The zero-order valence-corrected chi connectivity index (χ0v) is 12.1. The molecule has 0 aliphatic carbocycles. The predicted octanol–water partition coefficient (Wildman–Crippen LogP) is 3.93. The topological polar surface area (TPSA) is 28.7 Å². The van der Waals surface area contributed by atoms with Crippen molar-refractivity contribution in [1.82, 2.24) is 4.98 Å². The van der Waals surface area contributed by atoms with Gasteiger partial charge in [-0.2, -0.15) is 0 Å². The number of hydrogen-bond donors (Lipinski definition) is 0. The van der Waals surface area contributed by atoms with Crippen LogP contribution in [0.5, 0.6) is 0 Å². The van der Waals surface area contributed by atoms with Crippen LogP contribution < -0.4 is 4.90 Å². The molecular formula is C15H24N2O. The Kier molecular flexibility index (Phi) is 5.86. The van der Waals surface area contributed by atoms with Crippen LogP contribution in [0.2, 0.25) is 0 Å². The third-order valence-electron chi connectivity index (χ3n) is 2.91. The third-order valence-corrected chi connectivity index (χ3v) is 2.91. The number of ether oxygens (including phenoxy) is 1. The van der Waals surface area contributed by atoms with Crippen LogP contribution in [0.15, 0.2) is 30.1 Å². The van der Waals surface area contributed by atoms with Gasteiger partial charge < -0.3 is 9.64 Å². The lowest BCUT2D eigenvalue weighted by atomic mass is 10.2. The number of aromatic nitrogens is 1. The van der Waals surface area contributed by atoms with Gasteiger partial charge in [0.1, 0.15) is 11.9 Å². The van der Waals surface area contributed by atoms with E-state index in [9.17, 15) is 0 Å². The second-order valence-corrected chi connectivity index (χ2v) is 3.95. The first-order chi connectivity index (χ1) is 8.76. The first-order valence-corrected chi connectivity index (χ1v) is 6.74. The van der Waals surface area contributed by atoms with Crippen LogP contribution in [0.3, 0.4) is 0 Å². The zero-order chi connectivity index (χ0) is 13.5. The Bertz CT molecular complexity index is 380. The maximum absolute atomic E-state index is 5.22. The molecule has 1 aliphatic heterocycles. The molecule has 18 heavy (non-hydrogen) atoms. The van der Waals surface area contributed by atoms with Crippen molar-refractivity contribution in [2.45, 2.75) is 40.7 Å². The molecule has 0 aromatic carbocycles. The van der Waals surface area contributed by atoms with Crippen molar-refractivity contribution in [2.75, 3.05) is 18.1 Å². The monoisotopic (exact) mass is 248 g/mol. The van der Waals surface area contributed by atoms with Gasteiger partial charge in [-0.15, -0.1) is 0 Å². The van der Waals surface area contributed by atoms with E-state index in [1.165, 1.54) is 11.3 Å². The first-order valence-electron chi connectivity index (χ1n) is 6.74. The van der Waals surface area contributed by atoms with E-state index in [1.807, 2.05) is 27.0 Å². The van der Waals surface area contributed by atoms with Gasteiger partial charge >= 0.3 is 0 Å². The van der Waals surface area contributed by atoms with E-state index in [2.05, 4.69) is 41.9 Å². The Morgan fingerprint density at radius 1 is 1.50 bits per heavy atom. The summed E-state index contributed by atoms with van der Waals surface area (Å²) >= 11 is 0. The van der Waals surface area contributed by atoms with E-state index < -0.39 is 0 Å². The van der Waals surface area contributed by atoms with Crippen molar-refractivity contribution in [1.29, 1.82) is 0 Å². The summed E-state index contributed by atoms with van der Waals surface area (Å²) in [7, 11) is 0. The normalized spacial score (nSPS) is 17.8. The van der Waals surface area contributed by atoms with Crippen LogP contribution in [0, 0.1) is 0 Å². The SMILES string of the molecule is C/C=C(/C)N(CC)c1ccc(C2CO2)cn1.CC. The Morgan fingerprint density at radius 2 is 2.17 bits per heavy atom. The van der Waals surface area contributed by atoms with Gasteiger partial charge in [-0.05, 0) is 26.8 Å². The van der Waals surface area contributed by atoms with Gasteiger partial charge in [0.05, 0.1) is 6.61 Å². The molecule has 1 aromatic rings. The van der Waals surface area contributed by atoms with Crippen LogP contribution in [-0.4, -0.2) is 18.1 Å². The van der Waals surface area contributed by atoms with Crippen molar-refractivity contribution in [3.63, 3.8) is 0 Å². The lowest BCUT2D eigenvalue weighted by Gasteiger charge is -2.22. The van der Waals surface area contributed by atoms with E-state index in [-0.39, 0.29) is 0 Å². The Balaban J connectivity index is 0.000000771. The summed E-state index contributed by atoms with van der Waals surface area (Å²) in [4.78, 5) is 6.68. The second kappa shape index (κ2) is 7.17. The molecule has 0 radical (unpaired) electrons. The Morgan fingerprint density at radius 3 is 2.56 bits per heavy atom. The quantitative estimate of drug-likeness (QED) is 0.756. The maximum Gasteiger partial charge on any atom is 0.132 e. The highest BCUT2D eigenvalue weighted by molar-refractivity contribution is 5.45. The summed E-state index contributed by atoms with van der Waals surface area (Å²) in [5.41, 5.74) is 2.41. The van der Waals surface area contributed by atoms with Gasteiger partial charge in [0, 0.05) is 24.0 Å². The molecule has 1 aliphatic rings. The molecule has 0 bridgehead atoms. The molecule has 0 N–H and O–H groups in total. The van der Waals surface area contributed by atoms with Crippen LogP contribution in [0.25, 0.3) is 0 Å². The first kappa shape index (κ1) is 14.7. The Labute approximate surface area is 110 Å². The van der Waals surface area contributed by atoms with E-state index in [0.29, 0.717) is 6.10 Å². The number of nitrogens with zero attached hydrogens (tertiary/aromatic N) is 2. The summed E-state index contributed by atoms with van der Waals surface area (Å²) in [6, 6.07) is 4.17. The molecule has 1 fully saturated rings. The highest BCUT2D eigenvalue weighted by Gasteiger charge is 2.25. The molecule has 1 unspecified atom stereocenters. The number of hydrogen-bond acceptors (Lipinski definition) is 3. The smallest absolute Gasteiger partial charge is 0.132 e. The van der Waals surface area contributed by atoms with E-state index >= 15 is 0 Å². The van der Waals surface area contributed by atoms with Gasteiger partial charge in [0.15, 0.2) is 0 Å². The largest absolute Gasteiger partial charge is 0.368 e. The lowest BCUT2D eigenvalue weighted by Crippen LogP contribution is -2.21. The summed E-state index contributed by atoms with van der Waals surface area (Å²) in [5.74, 6) is 1.00. The van der Waals surface area contributed by atoms with Crippen LogP contribution in [0.4, 0.5) is 5.82 Å². The fraction of sp³-hybridized carbons (Fsp3) is 0.533. The third kappa shape index (κ3) is 3.57. The molecule has 0 spiro atoms. The molecule has 0 amide bonds. The standard InChI is InChI=1S/C13H18N2O.C2H6/c1-4-10(3)15(5-2)13-7-6-11(8-14-13)12-9-16-12;1-2/h4,6-8,12H,5,9H2,1-3H3;1-2H3/b10-4-;. The van der Waals surface area contributed by atoms with E-state index in [0.717, 1.165) is 19.0 Å². The average molecular weight is 248 g/mol.